The smallest absolute Gasteiger partial charge is 0.329 e. The number of nitrogens with one attached hydrogen (secondary N) is 2. The van der Waals surface area contributed by atoms with Crippen LogP contribution in [0, 0.1) is 12.3 Å². The third kappa shape index (κ3) is 5.68. The second-order valence-corrected chi connectivity index (χ2v) is 9.50. The number of imide groups is 1. The molecule has 11 heteroatoms. The van der Waals surface area contributed by atoms with Crippen LogP contribution in [-0.4, -0.2) is 82.4 Å². The largest absolute Gasteiger partial charge is 0.455 e. The first-order valence-electron chi connectivity index (χ1n) is 11.6. The van der Waals surface area contributed by atoms with Gasteiger partial charge in [-0.1, -0.05) is 13.8 Å². The molecule has 11 nitrogen and oxygen atoms in total. The zero-order valence-electron chi connectivity index (χ0n) is 20.5. The zero-order chi connectivity index (χ0) is 25.2. The van der Waals surface area contributed by atoms with Gasteiger partial charge in [0, 0.05) is 50.4 Å². The van der Waals surface area contributed by atoms with Gasteiger partial charge in [0.1, 0.15) is 23.1 Å². The molecule has 2 saturated heterocycles. The molecule has 186 valence electrons. The maximum Gasteiger partial charge on any atom is 0.329 e. The summed E-state index contributed by atoms with van der Waals surface area (Å²) in [5.74, 6) is 1.50. The Hall–Kier alpha value is -3.73. The molecule has 2 aromatic heterocycles. The van der Waals surface area contributed by atoms with E-state index in [2.05, 4.69) is 25.5 Å². The number of aryl methyl sites for hydroxylation is 1. The first kappa shape index (κ1) is 24.4. The van der Waals surface area contributed by atoms with Crippen LogP contribution >= 0.6 is 0 Å². The molecule has 2 aromatic rings. The van der Waals surface area contributed by atoms with E-state index in [0.717, 1.165) is 13.1 Å². The van der Waals surface area contributed by atoms with E-state index in [0.29, 0.717) is 54.9 Å². The second-order valence-electron chi connectivity index (χ2n) is 9.50. The fraction of sp³-hybridized carbons (Fsp3) is 0.458. The fourth-order valence-corrected chi connectivity index (χ4v) is 3.93. The van der Waals surface area contributed by atoms with Gasteiger partial charge in [0.15, 0.2) is 0 Å². The highest BCUT2D eigenvalue weighted by atomic mass is 16.5. The summed E-state index contributed by atoms with van der Waals surface area (Å²) in [6.45, 7) is 8.79. The topological polar surface area (TPSA) is 120 Å². The van der Waals surface area contributed by atoms with Crippen molar-refractivity contribution in [3.05, 3.63) is 36.2 Å². The molecule has 2 fully saturated rings. The van der Waals surface area contributed by atoms with Crippen LogP contribution in [0.5, 0.6) is 11.5 Å². The Balaban J connectivity index is 1.37. The Bertz CT molecular complexity index is 1130. The summed E-state index contributed by atoms with van der Waals surface area (Å²) >= 11 is 0. The molecule has 0 saturated carbocycles. The molecule has 0 radical (unpaired) electrons. The number of pyridine rings is 2. The number of likely N-dealkylation sites (N-methyl/N-ethyl adjacent to an activating group) is 1. The van der Waals surface area contributed by atoms with Gasteiger partial charge in [-0.25, -0.2) is 19.6 Å². The second kappa shape index (κ2) is 9.87. The Morgan fingerprint density at radius 2 is 1.71 bits per heavy atom. The number of ether oxygens (including phenoxy) is 1. The minimum Gasteiger partial charge on any atom is -0.455 e. The monoisotopic (exact) mass is 481 g/mol. The lowest BCUT2D eigenvalue weighted by molar-refractivity contribution is -0.131. The van der Waals surface area contributed by atoms with E-state index in [1.54, 1.807) is 42.3 Å². The number of anilines is 2. The molecule has 4 rings (SSSR count). The third-order valence-electron chi connectivity index (χ3n) is 6.29. The molecule has 0 atom stereocenters. The van der Waals surface area contributed by atoms with Crippen molar-refractivity contribution >= 4 is 29.6 Å². The standard InChI is InChI=1S/C24H31N7O4/c1-16-18(5-6-19(26-16)27-23(34)31-10-8-24(2,3)21(31)32)35-17-7-9-25-20(15-17)28-22(33)30-13-11-29(4)12-14-30/h5-7,9,15H,8,10-14H2,1-4H3,(H,25,28,33)(H,26,27,34). The minimum absolute atomic E-state index is 0.194. The van der Waals surface area contributed by atoms with E-state index in [1.807, 2.05) is 20.9 Å². The Morgan fingerprint density at radius 1 is 1.00 bits per heavy atom. The number of piperazine rings is 1. The summed E-state index contributed by atoms with van der Waals surface area (Å²) in [6, 6.07) is 5.95. The van der Waals surface area contributed by atoms with Crippen LogP contribution in [0.3, 0.4) is 0 Å². The van der Waals surface area contributed by atoms with Crippen LogP contribution < -0.4 is 15.4 Å². The van der Waals surface area contributed by atoms with E-state index in [1.165, 1.54) is 4.90 Å². The lowest BCUT2D eigenvalue weighted by atomic mass is 9.92. The molecule has 0 bridgehead atoms. The number of carbonyl (C=O) groups excluding carboxylic acids is 3. The summed E-state index contributed by atoms with van der Waals surface area (Å²) in [5.41, 5.74) is 0.0156. The van der Waals surface area contributed by atoms with E-state index in [-0.39, 0.29) is 11.9 Å². The number of aromatic nitrogens is 2. The number of amides is 5. The van der Waals surface area contributed by atoms with Gasteiger partial charge >= 0.3 is 12.1 Å². The molecule has 2 N–H and O–H groups in total. The van der Waals surface area contributed by atoms with Crippen LogP contribution in [-0.2, 0) is 4.79 Å². The number of hydrogen-bond donors (Lipinski definition) is 2. The molecule has 0 unspecified atom stereocenters. The summed E-state index contributed by atoms with van der Waals surface area (Å²) in [7, 11) is 2.03. The van der Waals surface area contributed by atoms with Gasteiger partial charge in [-0.3, -0.25) is 20.3 Å². The normalized spacial score (nSPS) is 17.9. The Labute approximate surface area is 204 Å². The van der Waals surface area contributed by atoms with Gasteiger partial charge in [0.25, 0.3) is 0 Å². The highest BCUT2D eigenvalue weighted by molar-refractivity contribution is 6.03. The number of hydrogen-bond acceptors (Lipinski definition) is 7. The molecule has 2 aliphatic rings. The highest BCUT2D eigenvalue weighted by Crippen LogP contribution is 2.31. The highest BCUT2D eigenvalue weighted by Gasteiger charge is 2.41. The summed E-state index contributed by atoms with van der Waals surface area (Å²) in [5, 5.41) is 5.50. The number of carbonyl (C=O) groups is 3. The van der Waals surface area contributed by atoms with Crippen molar-refractivity contribution < 1.29 is 19.1 Å². The molecule has 5 amide bonds. The number of nitrogens with zero attached hydrogens (tertiary/aromatic N) is 5. The quantitative estimate of drug-likeness (QED) is 0.688. The predicted molar refractivity (Wildman–Crippen MR) is 131 cm³/mol. The number of urea groups is 2. The van der Waals surface area contributed by atoms with E-state index in [4.69, 9.17) is 4.74 Å². The van der Waals surface area contributed by atoms with Crippen molar-refractivity contribution in [1.29, 1.82) is 0 Å². The fourth-order valence-electron chi connectivity index (χ4n) is 3.93. The van der Waals surface area contributed by atoms with Crippen LogP contribution in [0.1, 0.15) is 26.0 Å². The van der Waals surface area contributed by atoms with Crippen molar-refractivity contribution in [2.24, 2.45) is 5.41 Å². The first-order valence-corrected chi connectivity index (χ1v) is 11.6. The maximum atomic E-state index is 12.5. The molecular weight excluding hydrogens is 450 g/mol. The Morgan fingerprint density at radius 3 is 2.37 bits per heavy atom. The predicted octanol–water partition coefficient (Wildman–Crippen LogP) is 3.15. The van der Waals surface area contributed by atoms with Gasteiger partial charge in [0.05, 0.1) is 5.69 Å². The lowest BCUT2D eigenvalue weighted by Crippen LogP contribution is -2.48. The van der Waals surface area contributed by atoms with Gasteiger partial charge in [-0.2, -0.15) is 0 Å². The Kier molecular flexibility index (Phi) is 6.88. The van der Waals surface area contributed by atoms with Crippen LogP contribution in [0.15, 0.2) is 30.5 Å². The zero-order valence-corrected chi connectivity index (χ0v) is 20.5. The number of rotatable bonds is 4. The van der Waals surface area contributed by atoms with Gasteiger partial charge in [-0.15, -0.1) is 0 Å². The molecule has 0 aliphatic carbocycles. The van der Waals surface area contributed by atoms with E-state index < -0.39 is 11.4 Å². The average molecular weight is 482 g/mol. The van der Waals surface area contributed by atoms with Crippen LogP contribution in [0.2, 0.25) is 0 Å². The maximum absolute atomic E-state index is 12.5. The molecule has 2 aliphatic heterocycles. The summed E-state index contributed by atoms with van der Waals surface area (Å²) < 4.78 is 5.94. The van der Waals surface area contributed by atoms with E-state index in [9.17, 15) is 14.4 Å². The van der Waals surface area contributed by atoms with E-state index >= 15 is 0 Å². The average Bonchev–Trinajstić information content (AvgIpc) is 3.09. The van der Waals surface area contributed by atoms with Gasteiger partial charge < -0.3 is 14.5 Å². The molecule has 35 heavy (non-hydrogen) atoms. The first-order chi connectivity index (χ1) is 16.6. The molecule has 4 heterocycles. The van der Waals surface area contributed by atoms with Gasteiger partial charge in [0.2, 0.25) is 5.91 Å². The minimum atomic E-state index is -0.536. The third-order valence-corrected chi connectivity index (χ3v) is 6.29. The van der Waals surface area contributed by atoms with Gasteiger partial charge in [-0.05, 0) is 38.6 Å². The summed E-state index contributed by atoms with van der Waals surface area (Å²) in [6.07, 6.45) is 2.18. The molecule has 0 spiro atoms. The van der Waals surface area contributed by atoms with Crippen LogP contribution in [0.4, 0.5) is 21.2 Å². The van der Waals surface area contributed by atoms with Crippen molar-refractivity contribution in [3.63, 3.8) is 0 Å². The molecular formula is C24H31N7O4. The molecule has 0 aromatic carbocycles. The SMILES string of the molecule is Cc1nc(NC(=O)N2CCC(C)(C)C2=O)ccc1Oc1ccnc(NC(=O)N2CCN(C)CC2)c1. The van der Waals surface area contributed by atoms with Crippen molar-refractivity contribution in [3.8, 4) is 11.5 Å². The summed E-state index contributed by atoms with van der Waals surface area (Å²) in [4.78, 5) is 51.2. The lowest BCUT2D eigenvalue weighted by Gasteiger charge is -2.32. The van der Waals surface area contributed by atoms with Crippen molar-refractivity contribution in [1.82, 2.24) is 24.7 Å². The van der Waals surface area contributed by atoms with Crippen molar-refractivity contribution in [2.75, 3.05) is 50.4 Å². The van der Waals surface area contributed by atoms with Crippen molar-refractivity contribution in [2.45, 2.75) is 27.2 Å². The number of likely N-dealkylation sites (tertiary alicyclic amines) is 1. The van der Waals surface area contributed by atoms with Crippen LogP contribution in [0.25, 0.3) is 0 Å².